The van der Waals surface area contributed by atoms with E-state index in [1.54, 1.807) is 6.07 Å². The van der Waals surface area contributed by atoms with Gasteiger partial charge in [0.1, 0.15) is 5.82 Å². The summed E-state index contributed by atoms with van der Waals surface area (Å²) in [5, 5.41) is 7.78. The molecule has 1 heterocycles. The van der Waals surface area contributed by atoms with Gasteiger partial charge in [-0.05, 0) is 49.7 Å². The van der Waals surface area contributed by atoms with Crippen LogP contribution in [0.1, 0.15) is 35.5 Å². The van der Waals surface area contributed by atoms with Crippen LogP contribution in [-0.2, 0) is 7.05 Å². The van der Waals surface area contributed by atoms with Crippen LogP contribution in [0.5, 0.6) is 0 Å². The molecule has 0 aliphatic carbocycles. The van der Waals surface area contributed by atoms with E-state index in [2.05, 4.69) is 10.4 Å². The van der Waals surface area contributed by atoms with Crippen molar-refractivity contribution in [3.05, 3.63) is 52.6 Å². The van der Waals surface area contributed by atoms with Crippen molar-refractivity contribution in [3.8, 4) is 0 Å². The first-order valence-corrected chi connectivity index (χ1v) is 6.53. The second kappa shape index (κ2) is 5.53. The average molecular weight is 261 g/mol. The van der Waals surface area contributed by atoms with E-state index in [9.17, 15) is 4.39 Å². The van der Waals surface area contributed by atoms with E-state index in [0.29, 0.717) is 0 Å². The van der Waals surface area contributed by atoms with E-state index in [-0.39, 0.29) is 11.9 Å². The standard InChI is InChI=1S/C15H20FN3/c1-5-17-15(14-8-11(3)18-19(14)4)13-9-12(16)7-6-10(13)2/h6-9,15,17H,5H2,1-4H3. The highest BCUT2D eigenvalue weighted by atomic mass is 19.1. The molecular formula is C15H20FN3. The summed E-state index contributed by atoms with van der Waals surface area (Å²) < 4.78 is 15.4. The van der Waals surface area contributed by atoms with E-state index in [1.807, 2.05) is 44.6 Å². The molecule has 0 radical (unpaired) electrons. The fraction of sp³-hybridized carbons (Fsp3) is 0.400. The molecule has 0 saturated heterocycles. The highest BCUT2D eigenvalue weighted by Gasteiger charge is 2.19. The second-order valence-corrected chi connectivity index (χ2v) is 4.83. The van der Waals surface area contributed by atoms with Crippen molar-refractivity contribution in [2.75, 3.05) is 6.54 Å². The zero-order valence-corrected chi connectivity index (χ0v) is 11.9. The number of hydrogen-bond acceptors (Lipinski definition) is 2. The lowest BCUT2D eigenvalue weighted by molar-refractivity contribution is 0.562. The number of halogens is 1. The van der Waals surface area contributed by atoms with Gasteiger partial charge in [0.05, 0.1) is 17.4 Å². The fourth-order valence-electron chi connectivity index (χ4n) is 2.40. The fourth-order valence-corrected chi connectivity index (χ4v) is 2.40. The molecule has 0 fully saturated rings. The molecular weight excluding hydrogens is 241 g/mol. The number of rotatable bonds is 4. The number of benzene rings is 1. The molecule has 1 unspecified atom stereocenters. The molecule has 3 nitrogen and oxygen atoms in total. The van der Waals surface area contributed by atoms with Gasteiger partial charge in [0, 0.05) is 7.05 Å². The SMILES string of the molecule is CCNC(c1cc(F)ccc1C)c1cc(C)nn1C. The molecule has 0 spiro atoms. The lowest BCUT2D eigenvalue weighted by Crippen LogP contribution is -2.25. The molecule has 0 bridgehead atoms. The van der Waals surface area contributed by atoms with Crippen LogP contribution in [0.4, 0.5) is 4.39 Å². The number of hydrogen-bond donors (Lipinski definition) is 1. The third-order valence-electron chi connectivity index (χ3n) is 3.29. The van der Waals surface area contributed by atoms with Gasteiger partial charge in [0.25, 0.3) is 0 Å². The lowest BCUT2D eigenvalue weighted by atomic mass is 9.98. The summed E-state index contributed by atoms with van der Waals surface area (Å²) >= 11 is 0. The summed E-state index contributed by atoms with van der Waals surface area (Å²) in [5.41, 5.74) is 4.05. The molecule has 0 aliphatic rings. The van der Waals surface area contributed by atoms with Crippen LogP contribution in [0, 0.1) is 19.7 Å². The molecule has 0 aliphatic heterocycles. The maximum absolute atomic E-state index is 13.5. The molecule has 0 amide bonds. The van der Waals surface area contributed by atoms with E-state index in [4.69, 9.17) is 0 Å². The minimum absolute atomic E-state index is 0.0353. The number of aromatic nitrogens is 2. The summed E-state index contributed by atoms with van der Waals surface area (Å²) in [7, 11) is 1.92. The predicted molar refractivity (Wildman–Crippen MR) is 74.6 cm³/mol. The van der Waals surface area contributed by atoms with Crippen LogP contribution in [0.3, 0.4) is 0 Å². The van der Waals surface area contributed by atoms with Gasteiger partial charge in [-0.25, -0.2) is 4.39 Å². The van der Waals surface area contributed by atoms with Crippen molar-refractivity contribution in [1.82, 2.24) is 15.1 Å². The van der Waals surface area contributed by atoms with Crippen molar-refractivity contribution >= 4 is 0 Å². The molecule has 4 heteroatoms. The topological polar surface area (TPSA) is 29.9 Å². The lowest BCUT2D eigenvalue weighted by Gasteiger charge is -2.20. The Kier molecular flexibility index (Phi) is 4.00. The smallest absolute Gasteiger partial charge is 0.123 e. The molecule has 19 heavy (non-hydrogen) atoms. The third kappa shape index (κ3) is 2.84. The molecule has 2 rings (SSSR count). The van der Waals surface area contributed by atoms with Crippen LogP contribution in [0.2, 0.25) is 0 Å². The number of aryl methyl sites for hydroxylation is 3. The van der Waals surface area contributed by atoms with Crippen molar-refractivity contribution in [2.45, 2.75) is 26.8 Å². The van der Waals surface area contributed by atoms with Crippen LogP contribution in [-0.4, -0.2) is 16.3 Å². The Morgan fingerprint density at radius 1 is 1.32 bits per heavy atom. The molecule has 1 aromatic carbocycles. The highest BCUT2D eigenvalue weighted by molar-refractivity contribution is 5.35. The maximum Gasteiger partial charge on any atom is 0.123 e. The zero-order chi connectivity index (χ0) is 14.0. The molecule has 102 valence electrons. The van der Waals surface area contributed by atoms with Crippen molar-refractivity contribution in [1.29, 1.82) is 0 Å². The quantitative estimate of drug-likeness (QED) is 0.917. The average Bonchev–Trinajstić information content (AvgIpc) is 2.69. The van der Waals surface area contributed by atoms with E-state index < -0.39 is 0 Å². The maximum atomic E-state index is 13.5. The first kappa shape index (κ1) is 13.7. The van der Waals surface area contributed by atoms with Gasteiger partial charge in [-0.1, -0.05) is 13.0 Å². The van der Waals surface area contributed by atoms with Gasteiger partial charge in [-0.2, -0.15) is 5.10 Å². The minimum Gasteiger partial charge on any atom is -0.305 e. The van der Waals surface area contributed by atoms with E-state index in [1.165, 1.54) is 6.07 Å². The zero-order valence-electron chi connectivity index (χ0n) is 11.9. The third-order valence-corrected chi connectivity index (χ3v) is 3.29. The molecule has 1 aromatic heterocycles. The summed E-state index contributed by atoms with van der Waals surface area (Å²) in [6.07, 6.45) is 0. The second-order valence-electron chi connectivity index (χ2n) is 4.83. The first-order valence-electron chi connectivity index (χ1n) is 6.53. The first-order chi connectivity index (χ1) is 9.02. The van der Waals surface area contributed by atoms with Gasteiger partial charge >= 0.3 is 0 Å². The monoisotopic (exact) mass is 261 g/mol. The summed E-state index contributed by atoms with van der Waals surface area (Å²) in [5.74, 6) is -0.206. The summed E-state index contributed by atoms with van der Waals surface area (Å²) in [6, 6.07) is 6.92. The largest absolute Gasteiger partial charge is 0.305 e. The Morgan fingerprint density at radius 3 is 2.63 bits per heavy atom. The number of nitrogens with zero attached hydrogens (tertiary/aromatic N) is 2. The van der Waals surface area contributed by atoms with Gasteiger partial charge in [-0.15, -0.1) is 0 Å². The van der Waals surface area contributed by atoms with Gasteiger partial charge in [-0.3, -0.25) is 4.68 Å². The van der Waals surface area contributed by atoms with Crippen LogP contribution < -0.4 is 5.32 Å². The van der Waals surface area contributed by atoms with Crippen molar-refractivity contribution < 1.29 is 4.39 Å². The summed E-state index contributed by atoms with van der Waals surface area (Å²) in [4.78, 5) is 0. The molecule has 1 atom stereocenters. The molecule has 2 aromatic rings. The highest BCUT2D eigenvalue weighted by Crippen LogP contribution is 2.25. The Morgan fingerprint density at radius 2 is 2.05 bits per heavy atom. The van der Waals surface area contributed by atoms with Crippen molar-refractivity contribution in [3.63, 3.8) is 0 Å². The number of nitrogens with one attached hydrogen (secondary N) is 1. The predicted octanol–water partition coefficient (Wildman–Crippen LogP) is 2.87. The Bertz CT molecular complexity index is 575. The Labute approximate surface area is 113 Å². The van der Waals surface area contributed by atoms with Crippen LogP contribution >= 0.6 is 0 Å². The summed E-state index contributed by atoms with van der Waals surface area (Å²) in [6.45, 7) is 6.82. The normalized spacial score (nSPS) is 12.7. The Balaban J connectivity index is 2.51. The van der Waals surface area contributed by atoms with E-state index in [0.717, 1.165) is 29.1 Å². The van der Waals surface area contributed by atoms with Crippen LogP contribution in [0.25, 0.3) is 0 Å². The molecule has 0 saturated carbocycles. The van der Waals surface area contributed by atoms with Gasteiger partial charge in [0.15, 0.2) is 0 Å². The van der Waals surface area contributed by atoms with Crippen molar-refractivity contribution in [2.24, 2.45) is 7.05 Å². The van der Waals surface area contributed by atoms with Crippen LogP contribution in [0.15, 0.2) is 24.3 Å². The van der Waals surface area contributed by atoms with E-state index >= 15 is 0 Å². The molecule has 1 N–H and O–H groups in total. The van der Waals surface area contributed by atoms with Gasteiger partial charge < -0.3 is 5.32 Å². The minimum atomic E-state index is -0.206. The Hall–Kier alpha value is -1.68. The van der Waals surface area contributed by atoms with Gasteiger partial charge in [0.2, 0.25) is 0 Å².